The average molecular weight is 585 g/mol. The first kappa shape index (κ1) is 30.4. The zero-order valence-corrected chi connectivity index (χ0v) is 24.0. The number of aliphatic hydroxyl groups is 1. The summed E-state index contributed by atoms with van der Waals surface area (Å²) >= 11 is 0. The van der Waals surface area contributed by atoms with Crippen LogP contribution < -0.4 is 4.74 Å². The molecule has 1 fully saturated rings. The summed E-state index contributed by atoms with van der Waals surface area (Å²) in [7, 11) is 1.55. The molecule has 0 amide bonds. The largest absolute Gasteiger partial charge is 0.497 e. The van der Waals surface area contributed by atoms with E-state index in [2.05, 4.69) is 0 Å². The molecule has 1 heterocycles. The highest BCUT2D eigenvalue weighted by atomic mass is 16.7. The van der Waals surface area contributed by atoms with Gasteiger partial charge < -0.3 is 33.5 Å². The number of hydrogen-bond acceptors (Lipinski definition) is 8. The predicted molar refractivity (Wildman–Crippen MR) is 159 cm³/mol. The molecule has 0 spiro atoms. The fourth-order valence-corrected chi connectivity index (χ4v) is 4.87. The van der Waals surface area contributed by atoms with E-state index in [0.717, 1.165) is 16.7 Å². The molecule has 43 heavy (non-hydrogen) atoms. The summed E-state index contributed by atoms with van der Waals surface area (Å²) in [4.78, 5) is 13.2. The van der Waals surface area contributed by atoms with Crippen LogP contribution in [-0.4, -0.2) is 55.5 Å². The van der Waals surface area contributed by atoms with Crippen LogP contribution in [0.3, 0.4) is 0 Å². The Hall–Kier alpha value is -4.05. The molecule has 8 nitrogen and oxygen atoms in total. The molecule has 8 heteroatoms. The van der Waals surface area contributed by atoms with E-state index in [4.69, 9.17) is 28.4 Å². The van der Waals surface area contributed by atoms with Crippen molar-refractivity contribution in [3.63, 3.8) is 0 Å². The van der Waals surface area contributed by atoms with E-state index < -0.39 is 36.7 Å². The zero-order chi connectivity index (χ0) is 29.9. The minimum absolute atomic E-state index is 0.121. The Kier molecular flexibility index (Phi) is 10.9. The first-order chi connectivity index (χ1) is 21.1. The summed E-state index contributed by atoms with van der Waals surface area (Å²) < 4.78 is 35.9. The van der Waals surface area contributed by atoms with Gasteiger partial charge in [0.15, 0.2) is 12.4 Å². The van der Waals surface area contributed by atoms with Gasteiger partial charge in [0.05, 0.1) is 39.1 Å². The van der Waals surface area contributed by atoms with E-state index in [0.29, 0.717) is 17.9 Å². The molecule has 5 atom stereocenters. The number of carbonyl (C=O) groups is 1. The molecule has 0 unspecified atom stereocenters. The van der Waals surface area contributed by atoms with Crippen LogP contribution in [0.4, 0.5) is 0 Å². The summed E-state index contributed by atoms with van der Waals surface area (Å²) in [6.07, 6.45) is -4.98. The van der Waals surface area contributed by atoms with Gasteiger partial charge in [0, 0.05) is 0 Å². The van der Waals surface area contributed by atoms with Crippen LogP contribution in [0.15, 0.2) is 115 Å². The van der Waals surface area contributed by atoms with Crippen molar-refractivity contribution in [2.75, 3.05) is 13.7 Å². The normalized spacial score (nSPS) is 21.7. The molecular weight excluding hydrogens is 548 g/mol. The monoisotopic (exact) mass is 584 g/mol. The molecule has 1 saturated heterocycles. The van der Waals surface area contributed by atoms with E-state index in [1.54, 1.807) is 31.4 Å². The smallest absolute Gasteiger partial charge is 0.338 e. The number of hydrogen-bond donors (Lipinski definition) is 1. The Morgan fingerprint density at radius 1 is 0.674 bits per heavy atom. The van der Waals surface area contributed by atoms with Crippen LogP contribution >= 0.6 is 0 Å². The maximum absolute atomic E-state index is 13.2. The second kappa shape index (κ2) is 15.4. The molecule has 0 bridgehead atoms. The molecule has 4 aromatic rings. The number of carbonyl (C=O) groups excluding carboxylic acids is 1. The van der Waals surface area contributed by atoms with Crippen molar-refractivity contribution in [2.45, 2.75) is 50.5 Å². The number of esters is 1. The third kappa shape index (κ3) is 8.50. The van der Waals surface area contributed by atoms with Gasteiger partial charge in [-0.25, -0.2) is 4.79 Å². The van der Waals surface area contributed by atoms with Gasteiger partial charge in [0.25, 0.3) is 0 Å². The van der Waals surface area contributed by atoms with Crippen LogP contribution in [-0.2, 0) is 43.5 Å². The number of benzene rings is 4. The first-order valence-electron chi connectivity index (χ1n) is 14.2. The lowest BCUT2D eigenvalue weighted by molar-refractivity contribution is -0.306. The van der Waals surface area contributed by atoms with Crippen molar-refractivity contribution >= 4 is 5.97 Å². The molecule has 1 aliphatic heterocycles. The lowest BCUT2D eigenvalue weighted by Crippen LogP contribution is -2.61. The van der Waals surface area contributed by atoms with Crippen LogP contribution in [0.5, 0.6) is 5.75 Å². The van der Waals surface area contributed by atoms with Gasteiger partial charge in [-0.3, -0.25) is 0 Å². The van der Waals surface area contributed by atoms with Gasteiger partial charge in [0.1, 0.15) is 24.1 Å². The summed E-state index contributed by atoms with van der Waals surface area (Å²) in [5.41, 5.74) is 3.17. The van der Waals surface area contributed by atoms with E-state index in [1.165, 1.54) is 0 Å². The summed E-state index contributed by atoms with van der Waals surface area (Å²) in [6, 6.07) is 35.7. The van der Waals surface area contributed by atoms with Crippen LogP contribution in [0.1, 0.15) is 27.0 Å². The Balaban J connectivity index is 1.39. The third-order valence-corrected chi connectivity index (χ3v) is 7.14. The standard InChI is InChI=1S/C35H36O8/c1-38-29-19-17-28(18-20-29)34(36)43-33-32(41-23-27-15-9-4-10-16-27)31(40-22-26-13-7-3-8-14-26)30(42-35(33)37)24-39-21-25-11-5-2-6-12-25/h2-20,30-33,35,37H,21-24H2,1H3/t30-,31+,32+,33-,35-/m1/s1. The Morgan fingerprint density at radius 2 is 1.19 bits per heavy atom. The fraction of sp³-hybridized carbons (Fsp3) is 0.286. The maximum atomic E-state index is 13.2. The molecule has 0 aliphatic carbocycles. The van der Waals surface area contributed by atoms with Gasteiger partial charge in [-0.1, -0.05) is 91.0 Å². The quantitative estimate of drug-likeness (QED) is 0.211. The van der Waals surface area contributed by atoms with E-state index in [1.807, 2.05) is 91.0 Å². The van der Waals surface area contributed by atoms with Crippen LogP contribution in [0.25, 0.3) is 0 Å². The molecule has 224 valence electrons. The van der Waals surface area contributed by atoms with E-state index in [9.17, 15) is 9.90 Å². The number of ether oxygens (including phenoxy) is 6. The number of methoxy groups -OCH3 is 1. The zero-order valence-electron chi connectivity index (χ0n) is 24.0. The van der Waals surface area contributed by atoms with E-state index in [-0.39, 0.29) is 19.8 Å². The highest BCUT2D eigenvalue weighted by molar-refractivity contribution is 5.89. The molecular formula is C35H36O8. The minimum Gasteiger partial charge on any atom is -0.497 e. The summed E-state index contributed by atoms with van der Waals surface area (Å²) in [5, 5.41) is 11.2. The van der Waals surface area contributed by atoms with Gasteiger partial charge >= 0.3 is 5.97 Å². The minimum atomic E-state index is -1.48. The van der Waals surface area contributed by atoms with Crippen molar-refractivity contribution in [2.24, 2.45) is 0 Å². The lowest BCUT2D eigenvalue weighted by Gasteiger charge is -2.44. The topological polar surface area (TPSA) is 92.7 Å². The molecule has 1 aliphatic rings. The second-order valence-electron chi connectivity index (χ2n) is 10.2. The number of aliphatic hydroxyl groups excluding tert-OH is 1. The Bertz CT molecular complexity index is 1380. The van der Waals surface area contributed by atoms with E-state index >= 15 is 0 Å². The van der Waals surface area contributed by atoms with Gasteiger partial charge in [0.2, 0.25) is 0 Å². The fourth-order valence-electron chi connectivity index (χ4n) is 4.87. The summed E-state index contributed by atoms with van der Waals surface area (Å²) in [5.74, 6) is -0.0291. The maximum Gasteiger partial charge on any atom is 0.338 e. The van der Waals surface area contributed by atoms with Crippen LogP contribution in [0.2, 0.25) is 0 Å². The summed E-state index contributed by atoms with van der Waals surface area (Å²) in [6.45, 7) is 0.936. The third-order valence-electron chi connectivity index (χ3n) is 7.14. The molecule has 0 aromatic heterocycles. The molecule has 5 rings (SSSR count). The first-order valence-corrected chi connectivity index (χ1v) is 14.2. The van der Waals surface area contributed by atoms with Crippen molar-refractivity contribution in [1.29, 1.82) is 0 Å². The molecule has 0 saturated carbocycles. The molecule has 1 N–H and O–H groups in total. The van der Waals surface area contributed by atoms with Crippen molar-refractivity contribution in [3.8, 4) is 5.75 Å². The second-order valence-corrected chi connectivity index (χ2v) is 10.2. The molecule has 4 aromatic carbocycles. The predicted octanol–water partition coefficient (Wildman–Crippen LogP) is 5.33. The van der Waals surface area contributed by atoms with Gasteiger partial charge in [-0.15, -0.1) is 0 Å². The SMILES string of the molecule is COc1ccc(C(=O)O[C@@H]2[C@@H](OCc3ccccc3)[C@@H](OCc3ccccc3)[C@@H](COCc3ccccc3)O[C@H]2O)cc1. The Labute approximate surface area is 251 Å². The van der Waals surface area contributed by atoms with Crippen molar-refractivity contribution in [1.82, 2.24) is 0 Å². The highest BCUT2D eigenvalue weighted by Gasteiger charge is 2.49. The highest BCUT2D eigenvalue weighted by Crippen LogP contribution is 2.30. The van der Waals surface area contributed by atoms with Crippen LogP contribution in [0, 0.1) is 0 Å². The van der Waals surface area contributed by atoms with Crippen molar-refractivity contribution < 1.29 is 38.3 Å². The molecule has 0 radical (unpaired) electrons. The average Bonchev–Trinajstić information content (AvgIpc) is 3.06. The van der Waals surface area contributed by atoms with Gasteiger partial charge in [-0.05, 0) is 41.0 Å². The van der Waals surface area contributed by atoms with Gasteiger partial charge in [-0.2, -0.15) is 0 Å². The lowest BCUT2D eigenvalue weighted by atomic mass is 9.98. The number of rotatable bonds is 13. The Morgan fingerprint density at radius 3 is 1.72 bits per heavy atom. The van der Waals surface area contributed by atoms with Crippen molar-refractivity contribution in [3.05, 3.63) is 138 Å².